The lowest BCUT2D eigenvalue weighted by Gasteiger charge is -2.27. The number of hydrogen-bond acceptors (Lipinski definition) is 5. The number of nitrogen functional groups attached to an aromatic ring is 1. The molecular weight excluding hydrogens is 363 g/mol. The van der Waals surface area contributed by atoms with Crippen LogP contribution < -0.4 is 21.8 Å². The number of benzene rings is 1. The fraction of sp³-hybridized carbons (Fsp3) is 0.500. The van der Waals surface area contributed by atoms with Crippen LogP contribution in [-0.4, -0.2) is 35.3 Å². The van der Waals surface area contributed by atoms with Gasteiger partial charge in [-0.05, 0) is 43.7 Å². The zero-order chi connectivity index (χ0) is 20.4. The maximum atomic E-state index is 15.4. The second kappa shape index (κ2) is 6.20. The predicted molar refractivity (Wildman–Crippen MR) is 107 cm³/mol. The number of aryl methyl sites for hydroxylation is 1. The van der Waals surface area contributed by atoms with Gasteiger partial charge < -0.3 is 26.0 Å². The fourth-order valence-electron chi connectivity index (χ4n) is 4.33. The maximum Gasteiger partial charge on any atom is 0.341 e. The lowest BCUT2D eigenvalue weighted by Crippen LogP contribution is -2.32. The molecule has 2 aromatic rings. The quantitative estimate of drug-likeness (QED) is 0.692. The van der Waals surface area contributed by atoms with Crippen LogP contribution in [0.1, 0.15) is 48.1 Å². The number of carbonyl (C=O) groups is 1. The van der Waals surface area contributed by atoms with Gasteiger partial charge in [-0.3, -0.25) is 4.79 Å². The van der Waals surface area contributed by atoms with E-state index in [1.54, 1.807) is 11.5 Å². The normalized spacial score (nSPS) is 22.2. The largest absolute Gasteiger partial charge is 0.477 e. The van der Waals surface area contributed by atoms with Crippen LogP contribution in [0.15, 0.2) is 11.0 Å². The number of rotatable bonds is 4. The van der Waals surface area contributed by atoms with E-state index in [0.717, 1.165) is 19.3 Å². The SMILES string of the molecule is Cc1c(N2CCC(C)(CN)C2)c(F)c(N)c2c(=O)c(C(=O)O)cn(C3CC3)c12. The monoisotopic (exact) mass is 388 g/mol. The highest BCUT2D eigenvalue weighted by Gasteiger charge is 2.36. The van der Waals surface area contributed by atoms with Crippen LogP contribution in [0, 0.1) is 18.2 Å². The molecule has 1 atom stereocenters. The molecule has 2 fully saturated rings. The Morgan fingerprint density at radius 2 is 2.11 bits per heavy atom. The van der Waals surface area contributed by atoms with Crippen molar-refractivity contribution in [3.8, 4) is 0 Å². The van der Waals surface area contributed by atoms with Crippen molar-refractivity contribution >= 4 is 28.2 Å². The Hall–Kier alpha value is -2.61. The molecule has 0 spiro atoms. The van der Waals surface area contributed by atoms with Crippen LogP contribution in [0.2, 0.25) is 0 Å². The molecule has 1 aliphatic carbocycles. The molecule has 1 unspecified atom stereocenters. The molecule has 0 radical (unpaired) electrons. The summed E-state index contributed by atoms with van der Waals surface area (Å²) in [5.74, 6) is -1.99. The molecule has 150 valence electrons. The molecular formula is C20H25FN4O3. The third-order valence-electron chi connectivity index (χ3n) is 6.20. The van der Waals surface area contributed by atoms with Crippen molar-refractivity contribution in [2.45, 2.75) is 39.2 Å². The Morgan fingerprint density at radius 3 is 2.64 bits per heavy atom. The third kappa shape index (κ3) is 2.66. The molecule has 4 rings (SSSR count). The summed E-state index contributed by atoms with van der Waals surface area (Å²) in [6, 6.07) is 0.102. The van der Waals surface area contributed by atoms with Crippen molar-refractivity contribution in [1.82, 2.24) is 4.57 Å². The lowest BCUT2D eigenvalue weighted by atomic mass is 9.90. The van der Waals surface area contributed by atoms with Gasteiger partial charge in [-0.25, -0.2) is 9.18 Å². The van der Waals surface area contributed by atoms with Crippen LogP contribution in [0.25, 0.3) is 10.9 Å². The third-order valence-corrected chi connectivity index (χ3v) is 6.20. The number of nitrogens with two attached hydrogens (primary N) is 2. The van der Waals surface area contributed by atoms with Gasteiger partial charge in [0.05, 0.1) is 22.3 Å². The van der Waals surface area contributed by atoms with Crippen molar-refractivity contribution in [2.75, 3.05) is 30.3 Å². The minimum absolute atomic E-state index is 0.0358. The lowest BCUT2D eigenvalue weighted by molar-refractivity contribution is 0.0695. The second-order valence-electron chi connectivity index (χ2n) is 8.43. The van der Waals surface area contributed by atoms with Gasteiger partial charge >= 0.3 is 5.97 Å². The molecule has 2 aliphatic rings. The second-order valence-corrected chi connectivity index (χ2v) is 8.43. The standard InChI is InChI=1S/C20H25FN4O3/c1-10-16-13(18(26)12(19(27)28)7-25(16)11-3-4-11)15(23)14(21)17(10)24-6-5-20(2,8-22)9-24/h7,11H,3-6,8-9,22-23H2,1-2H3,(H,27,28). The van der Waals surface area contributed by atoms with Crippen LogP contribution in [0.4, 0.5) is 15.8 Å². The molecule has 1 aliphatic heterocycles. The molecule has 0 bridgehead atoms. The van der Waals surface area contributed by atoms with E-state index >= 15 is 4.39 Å². The zero-order valence-electron chi connectivity index (χ0n) is 16.1. The van der Waals surface area contributed by atoms with Crippen molar-refractivity contribution in [1.29, 1.82) is 0 Å². The van der Waals surface area contributed by atoms with Gasteiger partial charge in [0.1, 0.15) is 5.56 Å². The highest BCUT2D eigenvalue weighted by Crippen LogP contribution is 2.43. The topological polar surface area (TPSA) is 115 Å². The number of hydrogen-bond donors (Lipinski definition) is 3. The first-order chi connectivity index (χ1) is 13.2. The van der Waals surface area contributed by atoms with Crippen molar-refractivity contribution < 1.29 is 14.3 Å². The van der Waals surface area contributed by atoms with Crippen molar-refractivity contribution in [3.05, 3.63) is 33.4 Å². The Labute approximate surface area is 161 Å². The number of aromatic carboxylic acids is 1. The number of anilines is 2. The van der Waals surface area contributed by atoms with Crippen LogP contribution in [0.5, 0.6) is 0 Å². The van der Waals surface area contributed by atoms with E-state index in [1.807, 2.05) is 4.90 Å². The molecule has 2 heterocycles. The molecule has 1 saturated carbocycles. The summed E-state index contributed by atoms with van der Waals surface area (Å²) in [6.07, 6.45) is 4.00. The average molecular weight is 388 g/mol. The fourth-order valence-corrected chi connectivity index (χ4v) is 4.33. The van der Waals surface area contributed by atoms with E-state index in [9.17, 15) is 14.7 Å². The van der Waals surface area contributed by atoms with E-state index in [2.05, 4.69) is 6.92 Å². The van der Waals surface area contributed by atoms with E-state index in [1.165, 1.54) is 6.20 Å². The van der Waals surface area contributed by atoms with Gasteiger partial charge in [-0.2, -0.15) is 0 Å². The van der Waals surface area contributed by atoms with E-state index < -0.39 is 17.2 Å². The summed E-state index contributed by atoms with van der Waals surface area (Å²) in [7, 11) is 0. The van der Waals surface area contributed by atoms with E-state index in [0.29, 0.717) is 36.4 Å². The molecule has 1 aromatic carbocycles. The summed E-state index contributed by atoms with van der Waals surface area (Å²) in [4.78, 5) is 26.3. The van der Waals surface area contributed by atoms with E-state index in [-0.39, 0.29) is 28.1 Å². The predicted octanol–water partition coefficient (Wildman–Crippen LogP) is 2.24. The summed E-state index contributed by atoms with van der Waals surface area (Å²) in [6.45, 7) is 5.60. The minimum atomic E-state index is -1.33. The smallest absolute Gasteiger partial charge is 0.341 e. The summed E-state index contributed by atoms with van der Waals surface area (Å²) in [5.41, 5.74) is 12.0. The van der Waals surface area contributed by atoms with Crippen LogP contribution >= 0.6 is 0 Å². The summed E-state index contributed by atoms with van der Waals surface area (Å²) >= 11 is 0. The molecule has 5 N–H and O–H groups in total. The van der Waals surface area contributed by atoms with E-state index in [4.69, 9.17) is 11.5 Å². The van der Waals surface area contributed by atoms with Gasteiger partial charge in [0, 0.05) is 25.3 Å². The molecule has 0 amide bonds. The van der Waals surface area contributed by atoms with Crippen LogP contribution in [0.3, 0.4) is 0 Å². The number of fused-ring (bicyclic) bond motifs is 1. The molecule has 28 heavy (non-hydrogen) atoms. The Bertz CT molecular complexity index is 1060. The first-order valence-electron chi connectivity index (χ1n) is 9.53. The molecule has 7 nitrogen and oxygen atoms in total. The highest BCUT2D eigenvalue weighted by atomic mass is 19.1. The number of carboxylic acid groups (broad SMARTS) is 1. The Balaban J connectivity index is 2.03. The summed E-state index contributed by atoms with van der Waals surface area (Å²) < 4.78 is 17.2. The van der Waals surface area contributed by atoms with Gasteiger partial charge in [0.25, 0.3) is 0 Å². The van der Waals surface area contributed by atoms with Crippen molar-refractivity contribution in [3.63, 3.8) is 0 Å². The number of pyridine rings is 1. The van der Waals surface area contributed by atoms with Gasteiger partial charge in [0.2, 0.25) is 5.43 Å². The maximum absolute atomic E-state index is 15.4. The zero-order valence-corrected chi connectivity index (χ0v) is 16.1. The number of halogens is 1. The van der Waals surface area contributed by atoms with Gasteiger partial charge in [-0.1, -0.05) is 6.92 Å². The first kappa shape index (κ1) is 18.7. The number of carboxylic acids is 1. The summed E-state index contributed by atoms with van der Waals surface area (Å²) in [5, 5.41) is 9.39. The highest BCUT2D eigenvalue weighted by molar-refractivity contribution is 6.01. The van der Waals surface area contributed by atoms with Crippen LogP contribution in [-0.2, 0) is 0 Å². The number of aromatic nitrogens is 1. The van der Waals surface area contributed by atoms with Gasteiger partial charge in [0.15, 0.2) is 5.82 Å². The van der Waals surface area contributed by atoms with Crippen molar-refractivity contribution in [2.24, 2.45) is 11.1 Å². The number of nitrogens with zero attached hydrogens (tertiary/aromatic N) is 2. The molecule has 1 saturated heterocycles. The van der Waals surface area contributed by atoms with Gasteiger partial charge in [-0.15, -0.1) is 0 Å². The Kier molecular flexibility index (Phi) is 4.15. The Morgan fingerprint density at radius 1 is 1.43 bits per heavy atom. The molecule has 1 aromatic heterocycles. The minimum Gasteiger partial charge on any atom is -0.477 e. The molecule has 8 heteroatoms. The average Bonchev–Trinajstić information content (AvgIpc) is 3.42. The first-order valence-corrected chi connectivity index (χ1v) is 9.53.